The molecule has 0 radical (unpaired) electrons. The molecule has 0 spiro atoms. The third-order valence-corrected chi connectivity index (χ3v) is 2.75. The van der Waals surface area contributed by atoms with Crippen molar-refractivity contribution in [3.05, 3.63) is 31.1 Å². The van der Waals surface area contributed by atoms with E-state index in [1.807, 2.05) is 0 Å². The Morgan fingerprint density at radius 3 is 2.88 bits per heavy atom. The molecule has 0 atom stereocenters. The van der Waals surface area contributed by atoms with Crippen molar-refractivity contribution < 1.29 is 9.88 Å². The van der Waals surface area contributed by atoms with Crippen molar-refractivity contribution in [2.75, 3.05) is 20.1 Å². The maximum atomic E-state index is 2.25. The van der Waals surface area contributed by atoms with E-state index in [1.54, 1.807) is 0 Å². The van der Waals surface area contributed by atoms with Crippen molar-refractivity contribution >= 4 is 0 Å². The van der Waals surface area contributed by atoms with Gasteiger partial charge in [-0.15, -0.1) is 0 Å². The minimum Gasteiger partial charge on any atom is -0.376 e. The Bertz CT molecular complexity index is 330. The van der Waals surface area contributed by atoms with Crippen LogP contribution in [0.15, 0.2) is 31.1 Å². The molecule has 0 aromatic carbocycles. The van der Waals surface area contributed by atoms with Gasteiger partial charge >= 0.3 is 0 Å². The third-order valence-electron chi connectivity index (χ3n) is 2.75. The van der Waals surface area contributed by atoms with E-state index in [1.165, 1.54) is 6.42 Å². The average Bonchev–Trinajstić information content (AvgIpc) is 2.77. The fourth-order valence-corrected chi connectivity index (χ4v) is 1.68. The van der Waals surface area contributed by atoms with Crippen molar-refractivity contribution in [1.82, 2.24) is 9.47 Å². The van der Waals surface area contributed by atoms with Gasteiger partial charge in [0.15, 0.2) is 0 Å². The summed E-state index contributed by atoms with van der Waals surface area (Å²) < 4.78 is 4.44. The van der Waals surface area contributed by atoms with Gasteiger partial charge in [0, 0.05) is 20.0 Å². The van der Waals surface area contributed by atoms with Gasteiger partial charge < -0.3 is 10.2 Å². The Morgan fingerprint density at radius 2 is 2.24 bits per heavy atom. The second kappa shape index (κ2) is 7.90. The smallest absolute Gasteiger partial charge is 0.243 e. The molecule has 1 aromatic heterocycles. The van der Waals surface area contributed by atoms with E-state index >= 15 is 0 Å². The highest BCUT2D eigenvalue weighted by atomic mass is 15.1. The van der Waals surface area contributed by atoms with Crippen LogP contribution in [0.5, 0.6) is 0 Å². The maximum absolute atomic E-state index is 2.25. The van der Waals surface area contributed by atoms with Crippen LogP contribution in [0.3, 0.4) is 0 Å². The van der Waals surface area contributed by atoms with E-state index in [-0.39, 0.29) is 0 Å². The number of hydrogen-bond donors (Lipinski definition) is 1. The van der Waals surface area contributed by atoms with Crippen LogP contribution in [0, 0.1) is 0 Å². The predicted octanol–water partition coefficient (Wildman–Crippen LogP) is 0.172. The number of quaternary nitrogens is 1. The highest BCUT2D eigenvalue weighted by Crippen LogP contribution is 1.89. The van der Waals surface area contributed by atoms with Crippen molar-refractivity contribution in [2.45, 2.75) is 33.4 Å². The standard InChI is InChI=1S/C13H25N4/c1-4-14-7-10-15(3)8-6-9-17-12-11-16(5-2)13-17/h7,10-14H,4-6,8-9H2,1-3H3/q+1/p+1/b10-7-. The molecule has 0 aliphatic rings. The summed E-state index contributed by atoms with van der Waals surface area (Å²) in [5.41, 5.74) is 0. The van der Waals surface area contributed by atoms with Crippen LogP contribution in [0.4, 0.5) is 0 Å². The van der Waals surface area contributed by atoms with E-state index in [0.717, 1.165) is 26.2 Å². The Kier molecular flexibility index (Phi) is 6.40. The fourth-order valence-electron chi connectivity index (χ4n) is 1.68. The minimum absolute atomic E-state index is 1.04. The molecule has 0 saturated carbocycles. The molecule has 1 heterocycles. The molecular weight excluding hydrogens is 212 g/mol. The zero-order valence-electron chi connectivity index (χ0n) is 11.3. The lowest BCUT2D eigenvalue weighted by Gasteiger charge is -2.11. The van der Waals surface area contributed by atoms with Crippen LogP contribution in [0.2, 0.25) is 0 Å². The van der Waals surface area contributed by atoms with E-state index in [4.69, 9.17) is 0 Å². The molecule has 17 heavy (non-hydrogen) atoms. The number of aryl methyl sites for hydroxylation is 2. The van der Waals surface area contributed by atoms with Gasteiger partial charge in [-0.25, -0.2) is 9.13 Å². The number of nitrogens with two attached hydrogens (primary N) is 1. The van der Waals surface area contributed by atoms with Gasteiger partial charge in [-0.05, 0) is 13.8 Å². The van der Waals surface area contributed by atoms with Gasteiger partial charge in [-0.3, -0.25) is 0 Å². The topological polar surface area (TPSA) is 28.7 Å². The van der Waals surface area contributed by atoms with Crippen LogP contribution in [0.25, 0.3) is 0 Å². The lowest BCUT2D eigenvalue weighted by molar-refractivity contribution is -0.696. The summed E-state index contributed by atoms with van der Waals surface area (Å²) >= 11 is 0. The molecule has 4 heteroatoms. The van der Waals surface area contributed by atoms with Gasteiger partial charge in [0.2, 0.25) is 6.33 Å². The highest BCUT2D eigenvalue weighted by Gasteiger charge is 2.01. The zero-order chi connectivity index (χ0) is 12.5. The normalized spacial score (nSPS) is 11.2. The fraction of sp³-hybridized carbons (Fsp3) is 0.615. The van der Waals surface area contributed by atoms with E-state index < -0.39 is 0 Å². The molecule has 0 saturated heterocycles. The summed E-state index contributed by atoms with van der Waals surface area (Å²) in [6.07, 6.45) is 11.9. The number of nitrogens with zero attached hydrogens (tertiary/aromatic N) is 3. The second-order valence-corrected chi connectivity index (χ2v) is 4.30. The average molecular weight is 238 g/mol. The van der Waals surface area contributed by atoms with Crippen molar-refractivity contribution in [3.8, 4) is 0 Å². The molecule has 0 aliphatic heterocycles. The van der Waals surface area contributed by atoms with Crippen LogP contribution >= 0.6 is 0 Å². The largest absolute Gasteiger partial charge is 0.376 e. The monoisotopic (exact) mass is 238 g/mol. The van der Waals surface area contributed by atoms with Crippen molar-refractivity contribution in [2.24, 2.45) is 0 Å². The third kappa shape index (κ3) is 5.54. The summed E-state index contributed by atoms with van der Waals surface area (Å²) in [6.45, 7) is 8.64. The number of hydrogen-bond acceptors (Lipinski definition) is 1. The Labute approximate surface area is 105 Å². The molecule has 1 rings (SSSR count). The highest BCUT2D eigenvalue weighted by molar-refractivity contribution is 4.70. The second-order valence-electron chi connectivity index (χ2n) is 4.30. The van der Waals surface area contributed by atoms with Crippen LogP contribution in [-0.4, -0.2) is 29.6 Å². The van der Waals surface area contributed by atoms with Gasteiger partial charge in [-0.2, -0.15) is 0 Å². The summed E-state index contributed by atoms with van der Waals surface area (Å²) in [4.78, 5) is 2.24. The quantitative estimate of drug-likeness (QED) is 0.643. The number of rotatable bonds is 8. The maximum Gasteiger partial charge on any atom is 0.243 e. The van der Waals surface area contributed by atoms with Gasteiger partial charge in [0.1, 0.15) is 18.6 Å². The lowest BCUT2D eigenvalue weighted by Crippen LogP contribution is -2.77. The van der Waals surface area contributed by atoms with Gasteiger partial charge in [0.05, 0.1) is 25.8 Å². The predicted molar refractivity (Wildman–Crippen MR) is 69.2 cm³/mol. The van der Waals surface area contributed by atoms with Crippen molar-refractivity contribution in [3.63, 3.8) is 0 Å². The van der Waals surface area contributed by atoms with Crippen LogP contribution < -0.4 is 9.88 Å². The Hall–Kier alpha value is -1.29. The van der Waals surface area contributed by atoms with Gasteiger partial charge in [-0.1, -0.05) is 0 Å². The molecule has 0 aliphatic carbocycles. The molecule has 1 aromatic rings. The summed E-state index contributed by atoms with van der Waals surface area (Å²) in [6, 6.07) is 0. The molecule has 4 nitrogen and oxygen atoms in total. The van der Waals surface area contributed by atoms with Crippen LogP contribution in [-0.2, 0) is 13.1 Å². The Morgan fingerprint density at radius 1 is 1.41 bits per heavy atom. The van der Waals surface area contributed by atoms with Crippen LogP contribution in [0.1, 0.15) is 20.3 Å². The first-order valence-electron chi connectivity index (χ1n) is 6.51. The summed E-state index contributed by atoms with van der Waals surface area (Å²) in [5.74, 6) is 0. The van der Waals surface area contributed by atoms with Gasteiger partial charge in [0.25, 0.3) is 0 Å². The van der Waals surface area contributed by atoms with E-state index in [0.29, 0.717) is 0 Å². The molecule has 0 amide bonds. The van der Waals surface area contributed by atoms with E-state index in [9.17, 15) is 0 Å². The number of aromatic nitrogens is 2. The lowest BCUT2D eigenvalue weighted by atomic mass is 10.4. The summed E-state index contributed by atoms with van der Waals surface area (Å²) in [5, 5.41) is 2.17. The Balaban J connectivity index is 2.18. The molecule has 0 bridgehead atoms. The molecule has 0 unspecified atom stereocenters. The first-order valence-corrected chi connectivity index (χ1v) is 6.51. The first-order chi connectivity index (χ1) is 8.26. The minimum atomic E-state index is 1.04. The molecule has 0 fully saturated rings. The van der Waals surface area contributed by atoms with Crippen molar-refractivity contribution in [1.29, 1.82) is 0 Å². The molecular formula is C13H26N4+2. The number of imidazole rings is 1. The SMILES string of the molecule is CC[NH2+]/C=C\N(C)CCC[n+]1ccn(CC)c1. The summed E-state index contributed by atoms with van der Waals surface area (Å²) in [7, 11) is 2.13. The van der Waals surface area contributed by atoms with E-state index in [2.05, 4.69) is 71.4 Å². The molecule has 2 N–H and O–H groups in total. The zero-order valence-corrected chi connectivity index (χ0v) is 11.3. The molecule has 96 valence electrons. The first kappa shape index (κ1) is 13.8.